The number of carbonyl (C=O) groups excluding carboxylic acids is 1. The van der Waals surface area contributed by atoms with E-state index in [1.807, 2.05) is 6.92 Å². The first-order chi connectivity index (χ1) is 15.1. The van der Waals surface area contributed by atoms with Crippen LogP contribution in [0, 0.1) is 6.92 Å². The Morgan fingerprint density at radius 1 is 1.03 bits per heavy atom. The highest BCUT2D eigenvalue weighted by atomic mass is 35.5. The molecule has 0 bridgehead atoms. The Balaban J connectivity index is 0.00000245. The van der Waals surface area contributed by atoms with Crippen LogP contribution in [0.15, 0.2) is 60.7 Å². The maximum Gasteiger partial charge on any atom is 0.252 e. The Kier molecular flexibility index (Phi) is 6.73. The molecule has 2 atom stereocenters. The summed E-state index contributed by atoms with van der Waals surface area (Å²) in [6, 6.07) is 21.6. The number of hydrogen-bond acceptors (Lipinski definition) is 3. The molecule has 0 aromatic heterocycles. The van der Waals surface area contributed by atoms with Crippen LogP contribution in [-0.2, 0) is 0 Å². The largest absolute Gasteiger partial charge is 0.369 e. The molecule has 2 saturated heterocycles. The van der Waals surface area contributed by atoms with Gasteiger partial charge in [-0.1, -0.05) is 48.5 Å². The molecule has 5 heteroatoms. The van der Waals surface area contributed by atoms with Gasteiger partial charge in [0.1, 0.15) is 0 Å². The van der Waals surface area contributed by atoms with Gasteiger partial charge in [0, 0.05) is 36.9 Å². The number of anilines is 1. The first-order valence-corrected chi connectivity index (χ1v) is 11.5. The maximum absolute atomic E-state index is 13.3. The molecular formula is C27H32ClN3O. The summed E-state index contributed by atoms with van der Waals surface area (Å²) in [7, 11) is 0. The lowest BCUT2D eigenvalue weighted by Gasteiger charge is -2.39. The number of rotatable bonds is 4. The Morgan fingerprint density at radius 3 is 2.72 bits per heavy atom. The van der Waals surface area contributed by atoms with Crippen molar-refractivity contribution in [3.8, 4) is 0 Å². The minimum atomic E-state index is -0.0660. The molecule has 0 spiro atoms. The number of carbonyl (C=O) groups is 1. The number of piperazine rings is 1. The van der Waals surface area contributed by atoms with E-state index in [1.54, 1.807) is 0 Å². The molecule has 3 aromatic rings. The topological polar surface area (TPSA) is 35.6 Å². The summed E-state index contributed by atoms with van der Waals surface area (Å²) in [5, 5.41) is 5.64. The van der Waals surface area contributed by atoms with E-state index in [2.05, 4.69) is 82.7 Å². The second kappa shape index (κ2) is 9.51. The van der Waals surface area contributed by atoms with Crippen molar-refractivity contribution in [3.05, 3.63) is 77.4 Å². The Labute approximate surface area is 197 Å². The van der Waals surface area contributed by atoms with E-state index < -0.39 is 0 Å². The average Bonchev–Trinajstić information content (AvgIpc) is 3.27. The van der Waals surface area contributed by atoms with Gasteiger partial charge in [-0.25, -0.2) is 0 Å². The average molecular weight is 450 g/mol. The summed E-state index contributed by atoms with van der Waals surface area (Å²) in [5.41, 5.74) is 4.11. The number of nitrogens with zero attached hydrogens (tertiary/aromatic N) is 2. The molecule has 32 heavy (non-hydrogen) atoms. The summed E-state index contributed by atoms with van der Waals surface area (Å²) in [6.45, 7) is 8.56. The summed E-state index contributed by atoms with van der Waals surface area (Å²) in [6.07, 6.45) is 2.60. The highest BCUT2D eigenvalue weighted by molar-refractivity contribution is 5.97. The van der Waals surface area contributed by atoms with Gasteiger partial charge in [0.05, 0.1) is 6.04 Å². The molecule has 1 unspecified atom stereocenters. The number of amides is 1. The van der Waals surface area contributed by atoms with Gasteiger partial charge in [0.25, 0.3) is 5.91 Å². The summed E-state index contributed by atoms with van der Waals surface area (Å²) in [4.78, 5) is 18.3. The first kappa shape index (κ1) is 22.6. The summed E-state index contributed by atoms with van der Waals surface area (Å²) >= 11 is 0. The summed E-state index contributed by atoms with van der Waals surface area (Å²) < 4.78 is 0. The lowest BCUT2D eigenvalue weighted by Crippen LogP contribution is -2.50. The number of benzene rings is 3. The van der Waals surface area contributed by atoms with Crippen LogP contribution in [0.3, 0.4) is 0 Å². The van der Waals surface area contributed by atoms with Crippen LogP contribution in [0.25, 0.3) is 10.8 Å². The SMILES string of the molecule is Cc1ccc(N2CCN3CCCC3C2)cc1C(=O)N[C@H](C)c1cccc2ccccc12.Cl. The van der Waals surface area contributed by atoms with E-state index >= 15 is 0 Å². The molecule has 168 valence electrons. The van der Waals surface area contributed by atoms with Crippen molar-refractivity contribution in [1.82, 2.24) is 10.2 Å². The van der Waals surface area contributed by atoms with Crippen LogP contribution in [-0.4, -0.2) is 43.0 Å². The molecule has 5 rings (SSSR count). The van der Waals surface area contributed by atoms with E-state index in [0.29, 0.717) is 6.04 Å². The zero-order valence-electron chi connectivity index (χ0n) is 18.9. The zero-order chi connectivity index (χ0) is 21.4. The van der Waals surface area contributed by atoms with Crippen molar-refractivity contribution >= 4 is 34.8 Å². The molecule has 2 fully saturated rings. The van der Waals surface area contributed by atoms with Crippen LogP contribution in [0.2, 0.25) is 0 Å². The van der Waals surface area contributed by atoms with Gasteiger partial charge in [-0.2, -0.15) is 0 Å². The molecular weight excluding hydrogens is 418 g/mol. The predicted octanol–water partition coefficient (Wildman–Crippen LogP) is 5.35. The summed E-state index contributed by atoms with van der Waals surface area (Å²) in [5.74, 6) is -0.000661. The van der Waals surface area contributed by atoms with E-state index in [9.17, 15) is 4.79 Å². The van der Waals surface area contributed by atoms with Gasteiger partial charge in [-0.15, -0.1) is 12.4 Å². The zero-order valence-corrected chi connectivity index (χ0v) is 19.7. The number of aryl methyl sites for hydroxylation is 1. The molecule has 1 N–H and O–H groups in total. The molecule has 1 amide bonds. The standard InChI is InChI=1S/C27H31N3O.ClH/c1-19-12-13-22(30-16-15-29-14-6-9-23(29)18-30)17-26(19)27(31)28-20(2)24-11-5-8-21-7-3-4-10-25(21)24;/h3-5,7-8,10-13,17,20,23H,6,9,14-16,18H2,1-2H3,(H,28,31);1H/t20-,23?;/m1./s1. The third-order valence-electron chi connectivity index (χ3n) is 7.06. The fraction of sp³-hybridized carbons (Fsp3) is 0.370. The van der Waals surface area contributed by atoms with Crippen molar-refractivity contribution < 1.29 is 4.79 Å². The Bertz CT molecular complexity index is 1110. The number of halogens is 1. The van der Waals surface area contributed by atoms with Gasteiger partial charge in [0.15, 0.2) is 0 Å². The van der Waals surface area contributed by atoms with Crippen LogP contribution in [0.4, 0.5) is 5.69 Å². The molecule has 3 aromatic carbocycles. The van der Waals surface area contributed by atoms with Gasteiger partial charge >= 0.3 is 0 Å². The van der Waals surface area contributed by atoms with Crippen molar-refractivity contribution in [3.63, 3.8) is 0 Å². The van der Waals surface area contributed by atoms with Crippen LogP contribution in [0.1, 0.15) is 47.3 Å². The molecule has 2 aliphatic heterocycles. The minimum absolute atomic E-state index is 0. The molecule has 0 saturated carbocycles. The lowest BCUT2D eigenvalue weighted by atomic mass is 9.99. The maximum atomic E-state index is 13.3. The Hall–Kier alpha value is -2.56. The minimum Gasteiger partial charge on any atom is -0.369 e. The van der Waals surface area contributed by atoms with E-state index in [4.69, 9.17) is 0 Å². The van der Waals surface area contributed by atoms with Gasteiger partial charge in [-0.3, -0.25) is 9.69 Å². The van der Waals surface area contributed by atoms with Crippen LogP contribution >= 0.6 is 12.4 Å². The van der Waals surface area contributed by atoms with Gasteiger partial charge in [-0.05, 0) is 67.3 Å². The second-order valence-corrected chi connectivity index (χ2v) is 9.04. The van der Waals surface area contributed by atoms with Crippen molar-refractivity contribution in [2.45, 2.75) is 38.8 Å². The van der Waals surface area contributed by atoms with Crippen LogP contribution < -0.4 is 10.2 Å². The number of hydrogen-bond donors (Lipinski definition) is 1. The van der Waals surface area contributed by atoms with Gasteiger partial charge < -0.3 is 10.2 Å². The monoisotopic (exact) mass is 449 g/mol. The highest BCUT2D eigenvalue weighted by Crippen LogP contribution is 2.28. The second-order valence-electron chi connectivity index (χ2n) is 9.04. The van der Waals surface area contributed by atoms with Crippen molar-refractivity contribution in [2.24, 2.45) is 0 Å². The molecule has 0 radical (unpaired) electrons. The fourth-order valence-corrected chi connectivity index (χ4v) is 5.26. The van der Waals surface area contributed by atoms with Crippen molar-refractivity contribution in [1.29, 1.82) is 0 Å². The van der Waals surface area contributed by atoms with Crippen molar-refractivity contribution in [2.75, 3.05) is 31.1 Å². The molecule has 2 heterocycles. The first-order valence-electron chi connectivity index (χ1n) is 11.5. The quantitative estimate of drug-likeness (QED) is 0.583. The van der Waals surface area contributed by atoms with E-state index in [-0.39, 0.29) is 24.4 Å². The number of fused-ring (bicyclic) bond motifs is 2. The van der Waals surface area contributed by atoms with Crippen LogP contribution in [0.5, 0.6) is 0 Å². The van der Waals surface area contributed by atoms with Gasteiger partial charge in [0.2, 0.25) is 0 Å². The fourth-order valence-electron chi connectivity index (χ4n) is 5.26. The third kappa shape index (κ3) is 4.35. The smallest absolute Gasteiger partial charge is 0.252 e. The third-order valence-corrected chi connectivity index (χ3v) is 7.06. The lowest BCUT2D eigenvalue weighted by molar-refractivity contribution is 0.0939. The predicted molar refractivity (Wildman–Crippen MR) is 135 cm³/mol. The number of nitrogens with one attached hydrogen (secondary N) is 1. The van der Waals surface area contributed by atoms with E-state index in [1.165, 1.54) is 35.8 Å². The molecule has 2 aliphatic rings. The molecule has 4 nitrogen and oxygen atoms in total. The molecule has 0 aliphatic carbocycles. The Morgan fingerprint density at radius 2 is 1.84 bits per heavy atom. The van der Waals surface area contributed by atoms with E-state index in [0.717, 1.165) is 36.3 Å². The normalized spacial score (nSPS) is 19.3. The highest BCUT2D eigenvalue weighted by Gasteiger charge is 2.30.